The van der Waals surface area contributed by atoms with Crippen molar-refractivity contribution in [1.29, 1.82) is 0 Å². The first-order chi connectivity index (χ1) is 13.3. The predicted octanol–water partition coefficient (Wildman–Crippen LogP) is 5.64. The van der Waals surface area contributed by atoms with Gasteiger partial charge in [-0.2, -0.15) is 0 Å². The molecule has 0 aromatic heterocycles. The van der Waals surface area contributed by atoms with E-state index in [4.69, 9.17) is 11.0 Å². The minimum absolute atomic E-state index is 0.0273. The van der Waals surface area contributed by atoms with Gasteiger partial charge in [0.15, 0.2) is 0 Å². The normalized spacial score (nSPS) is 14.3. The van der Waals surface area contributed by atoms with E-state index in [0.717, 1.165) is 6.42 Å². The number of benzene rings is 2. The van der Waals surface area contributed by atoms with Gasteiger partial charge in [0.05, 0.1) is 11.4 Å². The lowest BCUT2D eigenvalue weighted by atomic mass is 10.1. The fraction of sp³-hybridized carbons (Fsp3) is 0.435. The Morgan fingerprint density at radius 1 is 0.929 bits per heavy atom. The lowest BCUT2D eigenvalue weighted by Gasteiger charge is -2.44. The van der Waals surface area contributed by atoms with Crippen molar-refractivity contribution < 1.29 is 4.43 Å². The van der Waals surface area contributed by atoms with Gasteiger partial charge in [0.1, 0.15) is 0 Å². The summed E-state index contributed by atoms with van der Waals surface area (Å²) in [6.45, 7) is 17.5. The Kier molecular flexibility index (Phi) is 8.26. The van der Waals surface area contributed by atoms with Crippen molar-refractivity contribution in [3.63, 3.8) is 0 Å². The average Bonchev–Trinajstić information content (AvgIpc) is 2.68. The van der Waals surface area contributed by atoms with Crippen LogP contribution in [0.25, 0.3) is 4.85 Å². The van der Waals surface area contributed by atoms with Crippen LogP contribution >= 0.6 is 21.6 Å². The Morgan fingerprint density at radius 2 is 1.43 bits per heavy atom. The number of hydrogen-bond donors (Lipinski definition) is 0. The lowest BCUT2D eigenvalue weighted by Crippen LogP contribution is -2.67. The molecule has 1 unspecified atom stereocenters. The number of rotatable bonds is 9. The maximum atomic E-state index is 7.21. The van der Waals surface area contributed by atoms with Crippen molar-refractivity contribution in [3.8, 4) is 0 Å². The average molecular weight is 430 g/mol. The summed E-state index contributed by atoms with van der Waals surface area (Å²) in [5.74, 6) is 0. The molecule has 0 saturated carbocycles. The zero-order chi connectivity index (χ0) is 20.7. The van der Waals surface area contributed by atoms with Crippen LogP contribution in [0.3, 0.4) is 0 Å². The second-order valence-corrected chi connectivity index (χ2v) is 15.6. The first kappa shape index (κ1) is 23.1. The van der Waals surface area contributed by atoms with Crippen molar-refractivity contribution in [1.82, 2.24) is 0 Å². The molecular weight excluding hydrogens is 398 g/mol. The minimum atomic E-state index is -2.53. The predicted molar refractivity (Wildman–Crippen MR) is 129 cm³/mol. The quantitative estimate of drug-likeness (QED) is 0.291. The highest BCUT2D eigenvalue weighted by Gasteiger charge is 2.51. The van der Waals surface area contributed by atoms with Crippen LogP contribution in [0.2, 0.25) is 5.04 Å². The molecule has 0 spiro atoms. The van der Waals surface area contributed by atoms with Gasteiger partial charge in [0, 0.05) is 6.42 Å². The summed E-state index contributed by atoms with van der Waals surface area (Å²) in [7, 11) is 1.06. The molecule has 2 aromatic carbocycles. The van der Waals surface area contributed by atoms with E-state index < -0.39 is 8.32 Å². The maximum Gasteiger partial charge on any atom is 0.261 e. The van der Waals surface area contributed by atoms with Crippen LogP contribution in [-0.4, -0.2) is 32.5 Å². The Bertz CT molecular complexity index is 731. The second-order valence-electron chi connectivity index (χ2n) is 8.28. The molecule has 2 aromatic rings. The SMILES string of the molecule is [C-]#[N+]CCC(C)(CO[Si](c1ccccc1)(c1ccccc1)C(C)(C)C)SSC. The molecule has 0 fully saturated rings. The molecule has 150 valence electrons. The van der Waals surface area contributed by atoms with Crippen LogP contribution in [0.5, 0.6) is 0 Å². The Morgan fingerprint density at radius 3 is 1.82 bits per heavy atom. The third-order valence-corrected chi connectivity index (χ3v) is 12.6. The smallest absolute Gasteiger partial charge is 0.261 e. The van der Waals surface area contributed by atoms with Gasteiger partial charge in [-0.1, -0.05) is 103 Å². The van der Waals surface area contributed by atoms with E-state index in [-0.39, 0.29) is 9.79 Å². The highest BCUT2D eigenvalue weighted by Crippen LogP contribution is 2.41. The molecule has 0 amide bonds. The van der Waals surface area contributed by atoms with Gasteiger partial charge in [-0.05, 0) is 28.6 Å². The van der Waals surface area contributed by atoms with Crippen LogP contribution in [0, 0.1) is 6.57 Å². The lowest BCUT2D eigenvalue weighted by molar-refractivity contribution is 0.260. The third kappa shape index (κ3) is 5.24. The Hall–Kier alpha value is -1.19. The van der Waals surface area contributed by atoms with E-state index in [9.17, 15) is 0 Å². The van der Waals surface area contributed by atoms with Crippen LogP contribution in [0.1, 0.15) is 34.1 Å². The van der Waals surface area contributed by atoms with E-state index in [1.165, 1.54) is 10.4 Å². The first-order valence-corrected chi connectivity index (χ1v) is 14.1. The van der Waals surface area contributed by atoms with Crippen molar-refractivity contribution >= 4 is 40.3 Å². The van der Waals surface area contributed by atoms with E-state index in [1.54, 1.807) is 10.8 Å². The second kappa shape index (κ2) is 10.0. The number of nitrogens with zero attached hydrogens (tertiary/aromatic N) is 1. The van der Waals surface area contributed by atoms with Gasteiger partial charge < -0.3 is 9.27 Å². The summed E-state index contributed by atoms with van der Waals surface area (Å²) in [6, 6.07) is 21.5. The molecular formula is C23H31NOS2Si. The van der Waals surface area contributed by atoms with E-state index in [0.29, 0.717) is 13.2 Å². The molecule has 0 heterocycles. The third-order valence-electron chi connectivity index (χ3n) is 5.05. The highest BCUT2D eigenvalue weighted by atomic mass is 33.1. The molecule has 0 aliphatic rings. The fourth-order valence-corrected chi connectivity index (χ4v) is 10.7. The number of hydrogen-bond acceptors (Lipinski definition) is 3. The molecule has 2 nitrogen and oxygen atoms in total. The Balaban J connectivity index is 2.54. The topological polar surface area (TPSA) is 13.6 Å². The van der Waals surface area contributed by atoms with E-state index >= 15 is 0 Å². The van der Waals surface area contributed by atoms with Crippen LogP contribution < -0.4 is 10.4 Å². The molecule has 0 aliphatic carbocycles. The minimum Gasteiger partial charge on any atom is -0.406 e. The van der Waals surface area contributed by atoms with Crippen LogP contribution in [0.4, 0.5) is 0 Å². The molecule has 1 atom stereocenters. The summed E-state index contributed by atoms with van der Waals surface area (Å²) < 4.78 is 7.00. The van der Waals surface area contributed by atoms with Gasteiger partial charge in [0.25, 0.3) is 8.32 Å². The molecule has 0 bridgehead atoms. The molecule has 0 saturated heterocycles. The summed E-state index contributed by atoms with van der Waals surface area (Å²) in [5.41, 5.74) is 0. The standard InChI is InChI=1S/C23H31NOS2Si/c1-22(2,3)28(20-13-9-7-10-14-20,21-15-11-8-12-16-21)25-19-23(4,27-26-6)17-18-24-5/h7-16H,17-19H2,1-4,6H3. The first-order valence-electron chi connectivity index (χ1n) is 9.59. The van der Waals surface area contributed by atoms with E-state index in [2.05, 4.69) is 99.5 Å². The van der Waals surface area contributed by atoms with Crippen molar-refractivity contribution in [2.75, 3.05) is 19.4 Å². The zero-order valence-corrected chi connectivity index (χ0v) is 20.2. The molecule has 5 heteroatoms. The molecule has 0 radical (unpaired) electrons. The summed E-state index contributed by atoms with van der Waals surface area (Å²) >= 11 is 0. The van der Waals surface area contributed by atoms with Gasteiger partial charge >= 0.3 is 0 Å². The zero-order valence-electron chi connectivity index (χ0n) is 17.6. The summed E-state index contributed by atoms with van der Waals surface area (Å²) in [4.78, 5) is 3.60. The van der Waals surface area contributed by atoms with Crippen molar-refractivity contribution in [2.45, 2.75) is 43.9 Å². The van der Waals surface area contributed by atoms with Crippen LogP contribution in [0.15, 0.2) is 60.7 Å². The molecule has 28 heavy (non-hydrogen) atoms. The van der Waals surface area contributed by atoms with E-state index in [1.807, 2.05) is 10.8 Å². The summed E-state index contributed by atoms with van der Waals surface area (Å²) in [6.07, 6.45) is 2.93. The molecule has 2 rings (SSSR count). The highest BCUT2D eigenvalue weighted by molar-refractivity contribution is 8.77. The van der Waals surface area contributed by atoms with Gasteiger partial charge in [-0.3, -0.25) is 0 Å². The largest absolute Gasteiger partial charge is 0.406 e. The maximum absolute atomic E-state index is 7.21. The Labute approximate surface area is 179 Å². The van der Waals surface area contributed by atoms with Gasteiger partial charge in [-0.15, -0.1) is 0 Å². The van der Waals surface area contributed by atoms with Crippen molar-refractivity contribution in [3.05, 3.63) is 72.1 Å². The molecule has 0 N–H and O–H groups in total. The fourth-order valence-electron chi connectivity index (χ4n) is 3.65. The monoisotopic (exact) mass is 429 g/mol. The molecule has 0 aliphatic heterocycles. The van der Waals surface area contributed by atoms with Gasteiger partial charge in [0.2, 0.25) is 6.54 Å². The summed E-state index contributed by atoms with van der Waals surface area (Å²) in [5, 5.41) is 2.58. The van der Waals surface area contributed by atoms with Crippen molar-refractivity contribution in [2.24, 2.45) is 0 Å². The van der Waals surface area contributed by atoms with Crippen LogP contribution in [-0.2, 0) is 4.43 Å². The van der Waals surface area contributed by atoms with Gasteiger partial charge in [-0.25, -0.2) is 6.57 Å².